The van der Waals surface area contributed by atoms with Gasteiger partial charge < -0.3 is 14.5 Å². The summed E-state index contributed by atoms with van der Waals surface area (Å²) >= 11 is 0. The first-order chi connectivity index (χ1) is 13.4. The number of piperazine rings is 1. The van der Waals surface area contributed by atoms with Gasteiger partial charge in [0.15, 0.2) is 0 Å². The fourth-order valence-corrected chi connectivity index (χ4v) is 3.18. The molecule has 28 heavy (non-hydrogen) atoms. The van der Waals surface area contributed by atoms with E-state index in [9.17, 15) is 19.7 Å². The van der Waals surface area contributed by atoms with Crippen LogP contribution in [0.4, 0.5) is 5.69 Å². The molecule has 2 aromatic rings. The van der Waals surface area contributed by atoms with Crippen LogP contribution in [0.5, 0.6) is 5.75 Å². The monoisotopic (exact) mass is 383 g/mol. The Balaban J connectivity index is 1.68. The van der Waals surface area contributed by atoms with Crippen LogP contribution in [0, 0.1) is 17.0 Å². The topological polar surface area (TPSA) is 93.0 Å². The first-order valence-corrected chi connectivity index (χ1v) is 8.88. The van der Waals surface area contributed by atoms with Crippen LogP contribution in [0.15, 0.2) is 42.5 Å². The normalized spacial score (nSPS) is 13.9. The number of non-ortho nitro benzene ring substituents is 1. The Morgan fingerprint density at radius 3 is 2.25 bits per heavy atom. The molecule has 1 aliphatic rings. The molecule has 0 saturated carbocycles. The maximum atomic E-state index is 12.8. The fraction of sp³-hybridized carbons (Fsp3) is 0.300. The molecular weight excluding hydrogens is 362 g/mol. The van der Waals surface area contributed by atoms with Gasteiger partial charge in [0.05, 0.1) is 12.0 Å². The number of ether oxygens (including phenoxy) is 1. The van der Waals surface area contributed by atoms with Crippen molar-refractivity contribution in [2.75, 3.05) is 33.3 Å². The molecule has 0 aromatic heterocycles. The number of carbonyl (C=O) groups excluding carboxylic acids is 2. The number of carbonyl (C=O) groups is 2. The maximum Gasteiger partial charge on any atom is 0.270 e. The molecule has 1 aliphatic heterocycles. The predicted molar refractivity (Wildman–Crippen MR) is 103 cm³/mol. The largest absolute Gasteiger partial charge is 0.497 e. The Hall–Kier alpha value is -3.42. The Morgan fingerprint density at radius 1 is 1.00 bits per heavy atom. The number of hydrogen-bond acceptors (Lipinski definition) is 5. The summed E-state index contributed by atoms with van der Waals surface area (Å²) < 4.78 is 5.16. The van der Waals surface area contributed by atoms with Gasteiger partial charge in [-0.2, -0.15) is 0 Å². The number of nitro benzene ring substituents is 1. The summed E-state index contributed by atoms with van der Waals surface area (Å²) in [6, 6.07) is 11.2. The van der Waals surface area contributed by atoms with Crippen LogP contribution in [0.2, 0.25) is 0 Å². The van der Waals surface area contributed by atoms with Crippen molar-refractivity contribution in [2.45, 2.75) is 6.92 Å². The quantitative estimate of drug-likeness (QED) is 0.597. The molecule has 2 amide bonds. The summed E-state index contributed by atoms with van der Waals surface area (Å²) in [6.45, 7) is 3.29. The highest BCUT2D eigenvalue weighted by Crippen LogP contribution is 2.20. The van der Waals surface area contributed by atoms with Crippen molar-refractivity contribution in [2.24, 2.45) is 0 Å². The number of nitrogens with zero attached hydrogens (tertiary/aromatic N) is 3. The molecule has 0 atom stereocenters. The molecule has 8 heteroatoms. The molecule has 0 aliphatic carbocycles. The van der Waals surface area contributed by atoms with E-state index in [4.69, 9.17) is 4.74 Å². The second-order valence-corrected chi connectivity index (χ2v) is 6.57. The molecule has 8 nitrogen and oxygen atoms in total. The van der Waals surface area contributed by atoms with Crippen LogP contribution in [0.25, 0.3) is 0 Å². The molecule has 0 unspecified atom stereocenters. The van der Waals surface area contributed by atoms with Crippen molar-refractivity contribution in [1.82, 2.24) is 9.80 Å². The molecule has 0 bridgehead atoms. The second kappa shape index (κ2) is 8.08. The van der Waals surface area contributed by atoms with Crippen molar-refractivity contribution < 1.29 is 19.2 Å². The van der Waals surface area contributed by atoms with Gasteiger partial charge in [-0.25, -0.2) is 0 Å². The number of aryl methyl sites for hydroxylation is 1. The smallest absolute Gasteiger partial charge is 0.270 e. The SMILES string of the molecule is COc1cccc(C(=O)N2CCN(C(=O)c3cc([N+](=O)[O-])ccc3C)CC2)c1. The number of hydrogen-bond donors (Lipinski definition) is 0. The van der Waals surface area contributed by atoms with Gasteiger partial charge in [-0.05, 0) is 30.7 Å². The van der Waals surface area contributed by atoms with Crippen molar-refractivity contribution in [1.29, 1.82) is 0 Å². The van der Waals surface area contributed by atoms with Gasteiger partial charge in [-0.3, -0.25) is 19.7 Å². The average molecular weight is 383 g/mol. The molecule has 3 rings (SSSR count). The maximum absolute atomic E-state index is 12.8. The third-order valence-corrected chi connectivity index (χ3v) is 4.83. The van der Waals surface area contributed by atoms with Gasteiger partial charge >= 0.3 is 0 Å². The third-order valence-electron chi connectivity index (χ3n) is 4.83. The average Bonchev–Trinajstić information content (AvgIpc) is 2.73. The zero-order valence-electron chi connectivity index (χ0n) is 15.8. The van der Waals surface area contributed by atoms with Gasteiger partial charge in [0.1, 0.15) is 5.75 Å². The Bertz CT molecular complexity index is 920. The van der Waals surface area contributed by atoms with E-state index in [0.717, 1.165) is 0 Å². The predicted octanol–water partition coefficient (Wildman–Crippen LogP) is 2.51. The highest BCUT2D eigenvalue weighted by atomic mass is 16.6. The molecular formula is C20H21N3O5. The van der Waals surface area contributed by atoms with E-state index >= 15 is 0 Å². The highest BCUT2D eigenvalue weighted by Gasteiger charge is 2.27. The molecule has 0 N–H and O–H groups in total. The van der Waals surface area contributed by atoms with Crippen LogP contribution in [0.1, 0.15) is 26.3 Å². The van der Waals surface area contributed by atoms with Crippen LogP contribution in [-0.2, 0) is 0 Å². The fourth-order valence-electron chi connectivity index (χ4n) is 3.18. The summed E-state index contributed by atoms with van der Waals surface area (Å²) in [7, 11) is 1.55. The lowest BCUT2D eigenvalue weighted by Crippen LogP contribution is -2.50. The minimum Gasteiger partial charge on any atom is -0.497 e. The first kappa shape index (κ1) is 19.3. The minimum absolute atomic E-state index is 0.110. The number of rotatable bonds is 4. The van der Waals surface area contributed by atoms with E-state index in [1.54, 1.807) is 54.2 Å². The summed E-state index contributed by atoms with van der Waals surface area (Å²) in [6.07, 6.45) is 0. The molecule has 1 fully saturated rings. The van der Waals surface area contributed by atoms with E-state index in [-0.39, 0.29) is 17.5 Å². The minimum atomic E-state index is -0.513. The molecule has 1 saturated heterocycles. The Kier molecular flexibility index (Phi) is 5.58. The zero-order chi connectivity index (χ0) is 20.3. The van der Waals surface area contributed by atoms with Crippen molar-refractivity contribution >= 4 is 17.5 Å². The van der Waals surface area contributed by atoms with Crippen LogP contribution >= 0.6 is 0 Å². The van der Waals surface area contributed by atoms with Crippen LogP contribution < -0.4 is 4.74 Å². The van der Waals surface area contributed by atoms with Gasteiger partial charge in [-0.15, -0.1) is 0 Å². The zero-order valence-corrected chi connectivity index (χ0v) is 15.8. The number of amides is 2. The number of nitro groups is 1. The van der Waals surface area contributed by atoms with Crippen molar-refractivity contribution in [3.8, 4) is 5.75 Å². The van der Waals surface area contributed by atoms with Crippen molar-refractivity contribution in [3.63, 3.8) is 0 Å². The third kappa shape index (κ3) is 3.95. The lowest BCUT2D eigenvalue weighted by molar-refractivity contribution is -0.384. The van der Waals surface area contributed by atoms with Gasteiger partial charge in [-0.1, -0.05) is 12.1 Å². The van der Waals surface area contributed by atoms with E-state index in [1.165, 1.54) is 12.1 Å². The molecule has 146 valence electrons. The van der Waals surface area contributed by atoms with Gasteiger partial charge in [0, 0.05) is 49.4 Å². The first-order valence-electron chi connectivity index (χ1n) is 8.88. The highest BCUT2D eigenvalue weighted by molar-refractivity contribution is 5.97. The van der Waals surface area contributed by atoms with E-state index in [1.807, 2.05) is 0 Å². The van der Waals surface area contributed by atoms with E-state index < -0.39 is 4.92 Å². The molecule has 0 spiro atoms. The number of methoxy groups -OCH3 is 1. The lowest BCUT2D eigenvalue weighted by Gasteiger charge is -2.35. The second-order valence-electron chi connectivity index (χ2n) is 6.57. The van der Waals surface area contributed by atoms with Gasteiger partial charge in [0.25, 0.3) is 17.5 Å². The van der Waals surface area contributed by atoms with E-state index in [2.05, 4.69) is 0 Å². The number of benzene rings is 2. The van der Waals surface area contributed by atoms with Crippen molar-refractivity contribution in [3.05, 3.63) is 69.3 Å². The Labute approximate surface area is 162 Å². The summed E-state index contributed by atoms with van der Waals surface area (Å²) in [5.74, 6) is 0.244. The Morgan fingerprint density at radius 2 is 1.64 bits per heavy atom. The standard InChI is InChI=1S/C20H21N3O5/c1-14-6-7-16(23(26)27)13-18(14)20(25)22-10-8-21(9-11-22)19(24)15-4-3-5-17(12-15)28-2/h3-7,12-13H,8-11H2,1-2H3. The van der Waals surface area contributed by atoms with Crippen LogP contribution in [-0.4, -0.2) is 59.8 Å². The molecule has 2 aromatic carbocycles. The van der Waals surface area contributed by atoms with E-state index in [0.29, 0.717) is 48.6 Å². The summed E-state index contributed by atoms with van der Waals surface area (Å²) in [4.78, 5) is 39.3. The van der Waals surface area contributed by atoms with Gasteiger partial charge in [0.2, 0.25) is 0 Å². The van der Waals surface area contributed by atoms with Crippen LogP contribution in [0.3, 0.4) is 0 Å². The lowest BCUT2D eigenvalue weighted by atomic mass is 10.1. The summed E-state index contributed by atoms with van der Waals surface area (Å²) in [5, 5.41) is 11.0. The molecule has 0 radical (unpaired) electrons. The molecule has 1 heterocycles. The summed E-state index contributed by atoms with van der Waals surface area (Å²) in [5.41, 5.74) is 1.43.